The largest absolute Gasteiger partial charge is 0.494 e. The zero-order chi connectivity index (χ0) is 21.9. The summed E-state index contributed by atoms with van der Waals surface area (Å²) in [6, 6.07) is 24.9. The van der Waals surface area contributed by atoms with E-state index >= 15 is 0 Å². The van der Waals surface area contributed by atoms with Gasteiger partial charge in [-0.2, -0.15) is 0 Å². The van der Waals surface area contributed by atoms with Crippen LogP contribution in [0.3, 0.4) is 0 Å². The van der Waals surface area contributed by atoms with E-state index in [1.54, 1.807) is 0 Å². The third-order valence-corrected chi connectivity index (χ3v) is 6.05. The van der Waals surface area contributed by atoms with E-state index in [0.717, 1.165) is 41.9 Å². The van der Waals surface area contributed by atoms with Crippen LogP contribution in [-0.2, 0) is 19.5 Å². The molecule has 2 heterocycles. The smallest absolute Gasteiger partial charge is 0.253 e. The van der Waals surface area contributed by atoms with Gasteiger partial charge in [-0.3, -0.25) is 4.79 Å². The molecule has 0 radical (unpaired) electrons. The highest BCUT2D eigenvalue weighted by atomic mass is 16.5. The number of H-pyrrole nitrogens is 1. The molecule has 5 heteroatoms. The number of aromatic amines is 1. The van der Waals surface area contributed by atoms with E-state index in [1.165, 1.54) is 16.8 Å². The molecule has 0 saturated carbocycles. The molecule has 1 aliphatic heterocycles. The summed E-state index contributed by atoms with van der Waals surface area (Å²) in [6.07, 6.45) is 1.08. The Bertz CT molecular complexity index is 1290. The molecule has 0 atom stereocenters. The predicted molar refractivity (Wildman–Crippen MR) is 131 cm³/mol. The number of pyridine rings is 1. The molecule has 32 heavy (non-hydrogen) atoms. The Kier molecular flexibility index (Phi) is 5.55. The van der Waals surface area contributed by atoms with Gasteiger partial charge in [0.05, 0.1) is 12.1 Å². The Hall–Kier alpha value is -3.73. The first-order valence-electron chi connectivity index (χ1n) is 11.1. The third kappa shape index (κ3) is 4.19. The van der Waals surface area contributed by atoms with Crippen LogP contribution >= 0.6 is 0 Å². The van der Waals surface area contributed by atoms with Gasteiger partial charge in [0, 0.05) is 42.6 Å². The molecule has 5 rings (SSSR count). The molecule has 4 aromatic rings. The van der Waals surface area contributed by atoms with Crippen molar-refractivity contribution in [2.45, 2.75) is 26.4 Å². The first-order chi connectivity index (χ1) is 15.7. The van der Waals surface area contributed by atoms with Crippen molar-refractivity contribution < 1.29 is 4.74 Å². The highest BCUT2D eigenvalue weighted by Gasteiger charge is 2.16. The summed E-state index contributed by atoms with van der Waals surface area (Å²) in [5.41, 5.74) is 6.50. The highest BCUT2D eigenvalue weighted by molar-refractivity contribution is 5.80. The number of ether oxygens (including phenoxy) is 1. The zero-order valence-corrected chi connectivity index (χ0v) is 18.2. The van der Waals surface area contributed by atoms with E-state index in [9.17, 15) is 4.79 Å². The molecular formula is C27H27N3O2. The van der Waals surface area contributed by atoms with Gasteiger partial charge < -0.3 is 19.9 Å². The van der Waals surface area contributed by atoms with Crippen molar-refractivity contribution in [3.63, 3.8) is 0 Å². The first-order valence-corrected chi connectivity index (χ1v) is 11.1. The van der Waals surface area contributed by atoms with Gasteiger partial charge in [0.1, 0.15) is 5.75 Å². The first kappa shape index (κ1) is 20.2. The summed E-state index contributed by atoms with van der Waals surface area (Å²) < 4.78 is 5.52. The molecule has 1 aliphatic rings. The number of aromatic nitrogens is 1. The minimum absolute atomic E-state index is 0.0812. The average molecular weight is 426 g/mol. The van der Waals surface area contributed by atoms with Gasteiger partial charge in [0.15, 0.2) is 0 Å². The van der Waals surface area contributed by atoms with Crippen LogP contribution in [0.1, 0.15) is 23.6 Å². The lowest BCUT2D eigenvalue weighted by Gasteiger charge is -2.30. The minimum atomic E-state index is -0.0812. The van der Waals surface area contributed by atoms with Gasteiger partial charge in [-0.15, -0.1) is 0 Å². The van der Waals surface area contributed by atoms with Gasteiger partial charge in [0.25, 0.3) is 5.56 Å². The van der Waals surface area contributed by atoms with Crippen LogP contribution < -0.4 is 20.5 Å². The average Bonchev–Trinajstić information content (AvgIpc) is 2.83. The monoisotopic (exact) mass is 425 g/mol. The maximum Gasteiger partial charge on any atom is 0.253 e. The Balaban J connectivity index is 1.26. The number of fused-ring (bicyclic) bond motifs is 2. The molecule has 0 fully saturated rings. The van der Waals surface area contributed by atoms with Gasteiger partial charge in [-0.1, -0.05) is 24.3 Å². The lowest BCUT2D eigenvalue weighted by molar-refractivity contribution is 0.340. The molecule has 0 saturated heterocycles. The van der Waals surface area contributed by atoms with Crippen LogP contribution in [0.5, 0.6) is 5.75 Å². The van der Waals surface area contributed by atoms with Crippen LogP contribution in [0.2, 0.25) is 0 Å². The maximum atomic E-state index is 12.5. The molecule has 162 valence electrons. The highest BCUT2D eigenvalue weighted by Crippen LogP contribution is 2.26. The number of nitrogens with one attached hydrogen (secondary N) is 2. The second-order valence-corrected chi connectivity index (χ2v) is 8.15. The summed E-state index contributed by atoms with van der Waals surface area (Å²) in [7, 11) is 0. The van der Waals surface area contributed by atoms with Crippen molar-refractivity contribution in [3.8, 4) is 5.75 Å². The lowest BCUT2D eigenvalue weighted by atomic mass is 9.99. The SMILES string of the molecule is CCOc1ccc2cc(CNc3ccc(N4CCc5ccccc5C4)cc3)c(=O)[nH]c2c1. The quantitative estimate of drug-likeness (QED) is 0.451. The van der Waals surface area contributed by atoms with E-state index in [-0.39, 0.29) is 5.56 Å². The summed E-state index contributed by atoms with van der Waals surface area (Å²) in [5.74, 6) is 0.763. The number of nitrogens with zero attached hydrogens (tertiary/aromatic N) is 1. The zero-order valence-electron chi connectivity index (χ0n) is 18.2. The van der Waals surface area contributed by atoms with E-state index in [1.807, 2.05) is 31.2 Å². The normalized spacial score (nSPS) is 13.1. The molecule has 0 amide bonds. The number of benzene rings is 3. The Labute approximate surface area is 187 Å². The second-order valence-electron chi connectivity index (χ2n) is 8.15. The van der Waals surface area contributed by atoms with Gasteiger partial charge in [-0.25, -0.2) is 0 Å². The van der Waals surface area contributed by atoms with Crippen molar-refractivity contribution in [1.82, 2.24) is 4.98 Å². The van der Waals surface area contributed by atoms with E-state index < -0.39 is 0 Å². The van der Waals surface area contributed by atoms with E-state index in [2.05, 4.69) is 63.7 Å². The molecule has 2 N–H and O–H groups in total. The van der Waals surface area contributed by atoms with Crippen LogP contribution in [0.15, 0.2) is 77.6 Å². The van der Waals surface area contributed by atoms with Crippen molar-refractivity contribution in [3.05, 3.63) is 99.8 Å². The maximum absolute atomic E-state index is 12.5. The molecule has 0 aliphatic carbocycles. The molecule has 3 aromatic carbocycles. The molecule has 0 bridgehead atoms. The van der Waals surface area contributed by atoms with Crippen LogP contribution in [0.4, 0.5) is 11.4 Å². The number of hydrogen-bond acceptors (Lipinski definition) is 4. The standard InChI is InChI=1S/C27H27N3O2/c1-2-32-25-12-7-20-15-22(27(31)29-26(20)16-25)17-28-23-8-10-24(11-9-23)30-14-13-19-5-3-4-6-21(19)18-30/h3-12,15-16,28H,2,13-14,17-18H2,1H3,(H,29,31). The van der Waals surface area contributed by atoms with E-state index in [4.69, 9.17) is 4.74 Å². The van der Waals surface area contributed by atoms with Crippen molar-refractivity contribution in [1.29, 1.82) is 0 Å². The van der Waals surface area contributed by atoms with Crippen molar-refractivity contribution in [2.24, 2.45) is 0 Å². The summed E-state index contributed by atoms with van der Waals surface area (Å²) in [4.78, 5) is 17.9. The summed E-state index contributed by atoms with van der Waals surface area (Å²) in [5, 5.41) is 4.37. The third-order valence-electron chi connectivity index (χ3n) is 6.05. The van der Waals surface area contributed by atoms with Crippen LogP contribution in [0, 0.1) is 0 Å². The van der Waals surface area contributed by atoms with Gasteiger partial charge >= 0.3 is 0 Å². The molecule has 0 unspecified atom stereocenters. The topological polar surface area (TPSA) is 57.4 Å². The van der Waals surface area contributed by atoms with Crippen molar-refractivity contribution >= 4 is 22.3 Å². The lowest BCUT2D eigenvalue weighted by Crippen LogP contribution is -2.30. The van der Waals surface area contributed by atoms with E-state index in [0.29, 0.717) is 18.7 Å². The fraction of sp³-hybridized carbons (Fsp3) is 0.222. The Morgan fingerprint density at radius 2 is 1.81 bits per heavy atom. The summed E-state index contributed by atoms with van der Waals surface area (Å²) in [6.45, 7) is 4.98. The number of anilines is 2. The molecule has 0 spiro atoms. The fourth-order valence-electron chi connectivity index (χ4n) is 4.32. The number of rotatable bonds is 6. The van der Waals surface area contributed by atoms with Crippen LogP contribution in [-0.4, -0.2) is 18.1 Å². The Morgan fingerprint density at radius 1 is 1.00 bits per heavy atom. The van der Waals surface area contributed by atoms with Gasteiger partial charge in [0.2, 0.25) is 0 Å². The molecule has 5 nitrogen and oxygen atoms in total. The van der Waals surface area contributed by atoms with Crippen LogP contribution in [0.25, 0.3) is 10.9 Å². The molecule has 1 aromatic heterocycles. The van der Waals surface area contributed by atoms with Crippen molar-refractivity contribution in [2.75, 3.05) is 23.4 Å². The fourth-order valence-corrected chi connectivity index (χ4v) is 4.32. The van der Waals surface area contributed by atoms with Gasteiger partial charge in [-0.05, 0) is 72.3 Å². The minimum Gasteiger partial charge on any atom is -0.494 e. The predicted octanol–water partition coefficient (Wildman–Crippen LogP) is 5.10. The number of hydrogen-bond donors (Lipinski definition) is 2. The molecular weight excluding hydrogens is 398 g/mol. The Morgan fingerprint density at radius 3 is 2.62 bits per heavy atom. The second kappa shape index (κ2) is 8.79. The summed E-state index contributed by atoms with van der Waals surface area (Å²) >= 11 is 0.